The van der Waals surface area contributed by atoms with Crippen LogP contribution in [0.3, 0.4) is 0 Å². The van der Waals surface area contributed by atoms with Crippen molar-refractivity contribution in [3.05, 3.63) is 33.0 Å². The van der Waals surface area contributed by atoms with Crippen molar-refractivity contribution in [2.45, 2.75) is 46.5 Å². The zero-order valence-electron chi connectivity index (χ0n) is 16.5. The van der Waals surface area contributed by atoms with Crippen molar-refractivity contribution in [3.63, 3.8) is 0 Å². The molecule has 1 unspecified atom stereocenters. The van der Waals surface area contributed by atoms with Crippen LogP contribution in [0.4, 0.5) is 5.69 Å². The van der Waals surface area contributed by atoms with Gasteiger partial charge < -0.3 is 10.1 Å². The van der Waals surface area contributed by atoms with Gasteiger partial charge in [0.05, 0.1) is 12.3 Å². The third kappa shape index (κ3) is 6.12. The molecule has 1 aromatic heterocycles. The quantitative estimate of drug-likeness (QED) is 0.291. The van der Waals surface area contributed by atoms with E-state index in [1.54, 1.807) is 25.6 Å². The number of anilines is 1. The Bertz CT molecular complexity index is 750. The second kappa shape index (κ2) is 11.0. The lowest BCUT2D eigenvalue weighted by atomic mass is 10.00. The summed E-state index contributed by atoms with van der Waals surface area (Å²) in [5.41, 5.74) is 1.59. The van der Waals surface area contributed by atoms with Gasteiger partial charge in [0.15, 0.2) is 0 Å². The minimum absolute atomic E-state index is 0.125. The molecule has 1 N–H and O–H groups in total. The summed E-state index contributed by atoms with van der Waals surface area (Å²) in [5.74, 6) is 0.193. The maximum atomic E-state index is 12.4. The van der Waals surface area contributed by atoms with Crippen LogP contribution in [0.2, 0.25) is 0 Å². The maximum Gasteiger partial charge on any atom is 0.328 e. The van der Waals surface area contributed by atoms with Crippen LogP contribution in [0.1, 0.15) is 45.7 Å². The van der Waals surface area contributed by atoms with Crippen molar-refractivity contribution in [3.8, 4) is 0 Å². The second-order valence-electron chi connectivity index (χ2n) is 6.48. The van der Waals surface area contributed by atoms with Gasteiger partial charge in [0.25, 0.3) is 0 Å². The molecular formula is C19H31N3O3S. The molecular weight excluding hydrogens is 350 g/mol. The van der Waals surface area contributed by atoms with Gasteiger partial charge in [0, 0.05) is 32.8 Å². The first kappa shape index (κ1) is 22.2. The SMILES string of the molecule is C/C=C/CC(C)Cc1c(NCCCC(=O)OCC)c(=S)n(C)c(=O)n1C. The fraction of sp³-hybridized carbons (Fsp3) is 0.632. The van der Waals surface area contributed by atoms with Gasteiger partial charge in [0.1, 0.15) is 4.64 Å². The van der Waals surface area contributed by atoms with Crippen LogP contribution in [-0.4, -0.2) is 28.3 Å². The van der Waals surface area contributed by atoms with Crippen molar-refractivity contribution < 1.29 is 9.53 Å². The number of carbonyl (C=O) groups is 1. The highest BCUT2D eigenvalue weighted by molar-refractivity contribution is 7.71. The van der Waals surface area contributed by atoms with Crippen molar-refractivity contribution in [1.29, 1.82) is 0 Å². The fourth-order valence-electron chi connectivity index (χ4n) is 2.76. The zero-order valence-corrected chi connectivity index (χ0v) is 17.3. The van der Waals surface area contributed by atoms with Crippen molar-refractivity contribution in [2.24, 2.45) is 20.0 Å². The fourth-order valence-corrected chi connectivity index (χ4v) is 3.03. The predicted molar refractivity (Wildman–Crippen MR) is 108 cm³/mol. The van der Waals surface area contributed by atoms with Gasteiger partial charge in [-0.3, -0.25) is 13.9 Å². The molecule has 0 saturated carbocycles. The lowest BCUT2D eigenvalue weighted by molar-refractivity contribution is -0.143. The molecule has 6 nitrogen and oxygen atoms in total. The van der Waals surface area contributed by atoms with E-state index in [-0.39, 0.29) is 11.7 Å². The molecule has 1 heterocycles. The summed E-state index contributed by atoms with van der Waals surface area (Å²) in [6, 6.07) is 0. The molecule has 0 spiro atoms. The zero-order chi connectivity index (χ0) is 19.7. The van der Waals surface area contributed by atoms with Gasteiger partial charge in [-0.25, -0.2) is 4.79 Å². The summed E-state index contributed by atoms with van der Waals surface area (Å²) in [5, 5.41) is 3.34. The van der Waals surface area contributed by atoms with Gasteiger partial charge in [-0.1, -0.05) is 31.3 Å². The summed E-state index contributed by atoms with van der Waals surface area (Å²) < 4.78 is 8.58. The Morgan fingerprint density at radius 2 is 2.04 bits per heavy atom. The van der Waals surface area contributed by atoms with Gasteiger partial charge in [0.2, 0.25) is 0 Å². The molecule has 0 fully saturated rings. The topological polar surface area (TPSA) is 65.3 Å². The molecule has 146 valence electrons. The first-order valence-electron chi connectivity index (χ1n) is 9.12. The minimum atomic E-state index is -0.195. The Hall–Kier alpha value is -1.89. The summed E-state index contributed by atoms with van der Waals surface area (Å²) in [6.45, 7) is 6.95. The molecule has 0 saturated heterocycles. The van der Waals surface area contributed by atoms with Crippen LogP contribution in [0.5, 0.6) is 0 Å². The smallest absolute Gasteiger partial charge is 0.328 e. The molecule has 7 heteroatoms. The standard InChI is InChI=1S/C19H31N3O3S/c1-6-8-10-14(3)13-15-17(18(26)22(5)19(24)21(15)4)20-12-9-11-16(23)25-7-2/h6,8,14,20H,7,9-13H2,1-5H3/b8-6+. The van der Waals surface area contributed by atoms with Gasteiger partial charge in [-0.05, 0) is 39.0 Å². The summed E-state index contributed by atoms with van der Waals surface area (Å²) >= 11 is 5.49. The van der Waals surface area contributed by atoms with E-state index in [0.717, 1.165) is 24.2 Å². The predicted octanol–water partition coefficient (Wildman–Crippen LogP) is 3.35. The van der Waals surface area contributed by atoms with E-state index in [1.165, 1.54) is 4.57 Å². The van der Waals surface area contributed by atoms with Crippen LogP contribution in [0.15, 0.2) is 16.9 Å². The van der Waals surface area contributed by atoms with E-state index >= 15 is 0 Å². The number of allylic oxidation sites excluding steroid dienone is 2. The van der Waals surface area contributed by atoms with Crippen LogP contribution in [0.25, 0.3) is 0 Å². The number of nitrogens with zero attached hydrogens (tertiary/aromatic N) is 2. The number of carbonyl (C=O) groups excluding carboxylic acids is 1. The van der Waals surface area contributed by atoms with Crippen LogP contribution < -0.4 is 11.0 Å². The Morgan fingerprint density at radius 1 is 1.35 bits per heavy atom. The monoisotopic (exact) mass is 381 g/mol. The van der Waals surface area contributed by atoms with Gasteiger partial charge in [-0.2, -0.15) is 0 Å². The Kier molecular flexibility index (Phi) is 9.34. The molecule has 0 radical (unpaired) electrons. The number of hydrogen-bond acceptors (Lipinski definition) is 5. The minimum Gasteiger partial charge on any atom is -0.466 e. The van der Waals surface area contributed by atoms with Gasteiger partial charge in [-0.15, -0.1) is 0 Å². The van der Waals surface area contributed by atoms with E-state index in [0.29, 0.717) is 36.6 Å². The lowest BCUT2D eigenvalue weighted by Gasteiger charge is -2.20. The molecule has 0 bridgehead atoms. The molecule has 1 rings (SSSR count). The van der Waals surface area contributed by atoms with Crippen molar-refractivity contribution in [1.82, 2.24) is 9.13 Å². The first-order chi connectivity index (χ1) is 12.3. The summed E-state index contributed by atoms with van der Waals surface area (Å²) in [4.78, 5) is 23.9. The van der Waals surface area contributed by atoms with Crippen molar-refractivity contribution >= 4 is 23.9 Å². The molecule has 1 aromatic rings. The van der Waals surface area contributed by atoms with E-state index in [1.807, 2.05) is 13.0 Å². The Morgan fingerprint density at radius 3 is 2.65 bits per heavy atom. The second-order valence-corrected chi connectivity index (χ2v) is 6.86. The Labute approximate surface area is 160 Å². The van der Waals surface area contributed by atoms with Crippen molar-refractivity contribution in [2.75, 3.05) is 18.5 Å². The Balaban J connectivity index is 2.99. The van der Waals surface area contributed by atoms with E-state index < -0.39 is 0 Å². The highest BCUT2D eigenvalue weighted by atomic mass is 32.1. The lowest BCUT2D eigenvalue weighted by Crippen LogP contribution is -2.32. The third-order valence-electron chi connectivity index (χ3n) is 4.27. The number of nitrogens with one attached hydrogen (secondary N) is 1. The number of esters is 1. The average molecular weight is 382 g/mol. The van der Waals surface area contributed by atoms with Gasteiger partial charge >= 0.3 is 11.7 Å². The first-order valence-corrected chi connectivity index (χ1v) is 9.53. The number of aromatic nitrogens is 2. The highest BCUT2D eigenvalue weighted by Gasteiger charge is 2.15. The van der Waals surface area contributed by atoms with E-state index in [2.05, 4.69) is 18.3 Å². The molecule has 0 aliphatic rings. The van der Waals surface area contributed by atoms with Crippen LogP contribution in [0, 0.1) is 10.6 Å². The third-order valence-corrected chi connectivity index (χ3v) is 4.74. The molecule has 0 amide bonds. The highest BCUT2D eigenvalue weighted by Crippen LogP contribution is 2.21. The molecule has 0 aliphatic heterocycles. The number of rotatable bonds is 10. The molecule has 0 aromatic carbocycles. The number of ether oxygens (including phenoxy) is 1. The molecule has 1 atom stereocenters. The average Bonchev–Trinajstić information content (AvgIpc) is 2.61. The summed E-state index contributed by atoms with van der Waals surface area (Å²) in [6.07, 6.45) is 6.87. The summed E-state index contributed by atoms with van der Waals surface area (Å²) in [7, 11) is 3.46. The maximum absolute atomic E-state index is 12.4. The van der Waals surface area contributed by atoms with Crippen LogP contribution >= 0.6 is 12.2 Å². The number of hydrogen-bond donors (Lipinski definition) is 1. The van der Waals surface area contributed by atoms with E-state index in [4.69, 9.17) is 17.0 Å². The van der Waals surface area contributed by atoms with Crippen LogP contribution in [-0.2, 0) is 30.0 Å². The van der Waals surface area contributed by atoms with E-state index in [9.17, 15) is 9.59 Å². The normalized spacial score (nSPS) is 12.3. The molecule has 0 aliphatic carbocycles. The molecule has 26 heavy (non-hydrogen) atoms. The largest absolute Gasteiger partial charge is 0.466 e.